The van der Waals surface area contributed by atoms with Gasteiger partial charge in [-0.1, -0.05) is 48.5 Å². The molecule has 0 aromatic heterocycles. The van der Waals surface area contributed by atoms with Crippen LogP contribution in [0.25, 0.3) is 5.57 Å². The molecule has 2 rings (SSSR count). The Morgan fingerprint density at radius 3 is 2.38 bits per heavy atom. The summed E-state index contributed by atoms with van der Waals surface area (Å²) in [4.78, 5) is 3.53. The van der Waals surface area contributed by atoms with Gasteiger partial charge in [0.05, 0.1) is 0 Å². The maximum Gasteiger partial charge on any atom is 0.00752 e. The molecule has 21 heavy (non-hydrogen) atoms. The lowest BCUT2D eigenvalue weighted by molar-refractivity contribution is 0.417. The SMILES string of the molecule is CSc1cccc(C(=CCCN(C)C)c2ccccc2)c1. The molecule has 0 fully saturated rings. The van der Waals surface area contributed by atoms with Crippen molar-refractivity contribution >= 4 is 17.3 Å². The van der Waals surface area contributed by atoms with Crippen LogP contribution < -0.4 is 0 Å². The molecule has 2 aromatic rings. The smallest absolute Gasteiger partial charge is 0.00752 e. The van der Waals surface area contributed by atoms with E-state index < -0.39 is 0 Å². The molecule has 0 radical (unpaired) electrons. The van der Waals surface area contributed by atoms with E-state index in [1.165, 1.54) is 21.6 Å². The predicted octanol–water partition coefficient (Wildman–Crippen LogP) is 4.79. The first-order valence-electron chi connectivity index (χ1n) is 7.25. The number of thioether (sulfide) groups is 1. The summed E-state index contributed by atoms with van der Waals surface area (Å²) in [6.07, 6.45) is 5.53. The van der Waals surface area contributed by atoms with Crippen LogP contribution in [0.4, 0.5) is 0 Å². The molecule has 0 saturated heterocycles. The lowest BCUT2D eigenvalue weighted by Crippen LogP contribution is -2.12. The molecule has 0 aliphatic heterocycles. The van der Waals surface area contributed by atoms with Crippen molar-refractivity contribution in [2.75, 3.05) is 26.9 Å². The molecule has 0 amide bonds. The molecule has 2 aromatic carbocycles. The van der Waals surface area contributed by atoms with Crippen LogP contribution in [0.1, 0.15) is 17.5 Å². The van der Waals surface area contributed by atoms with Gasteiger partial charge in [-0.05, 0) is 55.6 Å². The third-order valence-electron chi connectivity index (χ3n) is 3.39. The third kappa shape index (κ3) is 4.76. The van der Waals surface area contributed by atoms with Gasteiger partial charge in [-0.3, -0.25) is 0 Å². The Labute approximate surface area is 132 Å². The number of nitrogens with zero attached hydrogens (tertiary/aromatic N) is 1. The molecule has 110 valence electrons. The molecule has 0 unspecified atom stereocenters. The van der Waals surface area contributed by atoms with Gasteiger partial charge in [-0.2, -0.15) is 0 Å². The van der Waals surface area contributed by atoms with E-state index in [2.05, 4.69) is 85.9 Å². The van der Waals surface area contributed by atoms with Crippen molar-refractivity contribution in [3.63, 3.8) is 0 Å². The molecule has 0 saturated carbocycles. The molecule has 1 nitrogen and oxygen atoms in total. The van der Waals surface area contributed by atoms with Gasteiger partial charge < -0.3 is 4.90 Å². The minimum absolute atomic E-state index is 1.06. The van der Waals surface area contributed by atoms with Gasteiger partial charge in [0, 0.05) is 11.4 Å². The van der Waals surface area contributed by atoms with Crippen LogP contribution in [0.2, 0.25) is 0 Å². The largest absolute Gasteiger partial charge is 0.309 e. The van der Waals surface area contributed by atoms with E-state index in [1.807, 2.05) is 0 Å². The summed E-state index contributed by atoms with van der Waals surface area (Å²) in [6.45, 7) is 1.07. The van der Waals surface area contributed by atoms with Crippen LogP contribution in [0.15, 0.2) is 65.6 Å². The summed E-state index contributed by atoms with van der Waals surface area (Å²) in [5.74, 6) is 0. The molecule has 0 bridgehead atoms. The minimum atomic E-state index is 1.06. The Morgan fingerprint density at radius 2 is 1.71 bits per heavy atom. The lowest BCUT2D eigenvalue weighted by Gasteiger charge is -2.12. The predicted molar refractivity (Wildman–Crippen MR) is 94.9 cm³/mol. The second-order valence-electron chi connectivity index (χ2n) is 5.31. The Bertz CT molecular complexity index is 588. The van der Waals surface area contributed by atoms with E-state index in [0.717, 1.165) is 13.0 Å². The summed E-state index contributed by atoms with van der Waals surface area (Å²) < 4.78 is 0. The fourth-order valence-electron chi connectivity index (χ4n) is 2.28. The van der Waals surface area contributed by atoms with Gasteiger partial charge >= 0.3 is 0 Å². The molecular weight excluding hydrogens is 274 g/mol. The highest BCUT2D eigenvalue weighted by molar-refractivity contribution is 7.98. The second kappa shape index (κ2) is 8.06. The quantitative estimate of drug-likeness (QED) is 0.705. The third-order valence-corrected chi connectivity index (χ3v) is 4.12. The molecule has 2 heteroatoms. The Morgan fingerprint density at radius 1 is 1.00 bits per heavy atom. The van der Waals surface area contributed by atoms with Gasteiger partial charge in [0.25, 0.3) is 0 Å². The summed E-state index contributed by atoms with van der Waals surface area (Å²) in [6, 6.07) is 19.4. The summed E-state index contributed by atoms with van der Waals surface area (Å²) >= 11 is 1.79. The highest BCUT2D eigenvalue weighted by Crippen LogP contribution is 2.27. The van der Waals surface area contributed by atoms with Gasteiger partial charge in [0.1, 0.15) is 0 Å². The fourth-order valence-corrected chi connectivity index (χ4v) is 2.74. The summed E-state index contributed by atoms with van der Waals surface area (Å²) in [7, 11) is 4.23. The zero-order valence-corrected chi connectivity index (χ0v) is 13.9. The van der Waals surface area contributed by atoms with E-state index in [1.54, 1.807) is 11.8 Å². The Balaban J connectivity index is 2.35. The van der Waals surface area contributed by atoms with E-state index in [4.69, 9.17) is 0 Å². The first kappa shape index (κ1) is 15.9. The topological polar surface area (TPSA) is 3.24 Å². The van der Waals surface area contributed by atoms with Gasteiger partial charge in [0.2, 0.25) is 0 Å². The molecule has 0 aliphatic rings. The van der Waals surface area contributed by atoms with Crippen molar-refractivity contribution in [2.45, 2.75) is 11.3 Å². The molecule has 0 atom stereocenters. The van der Waals surface area contributed by atoms with Crippen LogP contribution in [-0.2, 0) is 0 Å². The van der Waals surface area contributed by atoms with E-state index in [-0.39, 0.29) is 0 Å². The van der Waals surface area contributed by atoms with Crippen molar-refractivity contribution < 1.29 is 0 Å². The van der Waals surface area contributed by atoms with E-state index >= 15 is 0 Å². The fraction of sp³-hybridized carbons (Fsp3) is 0.263. The van der Waals surface area contributed by atoms with Crippen LogP contribution >= 0.6 is 11.8 Å². The monoisotopic (exact) mass is 297 g/mol. The molecule has 0 N–H and O–H groups in total. The van der Waals surface area contributed by atoms with Crippen molar-refractivity contribution in [3.05, 3.63) is 71.8 Å². The first-order chi connectivity index (χ1) is 10.2. The average Bonchev–Trinajstić information content (AvgIpc) is 2.52. The minimum Gasteiger partial charge on any atom is -0.309 e. The van der Waals surface area contributed by atoms with Crippen LogP contribution in [0, 0.1) is 0 Å². The Hall–Kier alpha value is -1.51. The number of rotatable bonds is 6. The van der Waals surface area contributed by atoms with E-state index in [0.29, 0.717) is 0 Å². The highest BCUT2D eigenvalue weighted by Gasteiger charge is 2.05. The summed E-state index contributed by atoms with van der Waals surface area (Å²) in [5, 5.41) is 0. The Kier molecular flexibility index (Phi) is 6.09. The maximum atomic E-state index is 2.36. The number of hydrogen-bond donors (Lipinski definition) is 0. The van der Waals surface area contributed by atoms with Crippen molar-refractivity contribution in [1.82, 2.24) is 4.90 Å². The molecule has 0 heterocycles. The zero-order chi connectivity index (χ0) is 15.1. The van der Waals surface area contributed by atoms with E-state index in [9.17, 15) is 0 Å². The highest BCUT2D eigenvalue weighted by atomic mass is 32.2. The number of benzene rings is 2. The zero-order valence-electron chi connectivity index (χ0n) is 13.0. The average molecular weight is 297 g/mol. The van der Waals surface area contributed by atoms with Gasteiger partial charge in [-0.15, -0.1) is 11.8 Å². The van der Waals surface area contributed by atoms with Crippen LogP contribution in [0.5, 0.6) is 0 Å². The summed E-state index contributed by atoms with van der Waals surface area (Å²) in [5.41, 5.74) is 3.91. The van der Waals surface area contributed by atoms with Crippen molar-refractivity contribution in [3.8, 4) is 0 Å². The molecular formula is C19H23NS. The lowest BCUT2D eigenvalue weighted by atomic mass is 9.97. The molecule has 0 aliphatic carbocycles. The normalized spacial score (nSPS) is 11.9. The van der Waals surface area contributed by atoms with Crippen molar-refractivity contribution in [2.24, 2.45) is 0 Å². The second-order valence-corrected chi connectivity index (χ2v) is 6.19. The molecule has 0 spiro atoms. The van der Waals surface area contributed by atoms with Crippen LogP contribution in [-0.4, -0.2) is 31.8 Å². The number of hydrogen-bond acceptors (Lipinski definition) is 2. The van der Waals surface area contributed by atoms with Gasteiger partial charge in [-0.25, -0.2) is 0 Å². The first-order valence-corrected chi connectivity index (χ1v) is 8.48. The van der Waals surface area contributed by atoms with Crippen LogP contribution in [0.3, 0.4) is 0 Å². The maximum absolute atomic E-state index is 2.36. The van der Waals surface area contributed by atoms with Crippen molar-refractivity contribution in [1.29, 1.82) is 0 Å². The standard InChI is InChI=1S/C19H23NS/c1-20(2)14-8-13-19(16-9-5-4-6-10-16)17-11-7-12-18(15-17)21-3/h4-7,9-13,15H,8,14H2,1-3H3. The van der Waals surface area contributed by atoms with Gasteiger partial charge in [0.15, 0.2) is 0 Å².